The molecule has 0 radical (unpaired) electrons. The standard InChI is InChI=1S/C16H24N2O/c1-11(2)18(12(3)4)9-8-13-10-17-14-6-5-7-15(19)16(13)14/h5-7,10-12,17,19H,8-9H2,1-4H3/i8D2,9D2. The van der Waals surface area contributed by atoms with Crippen LogP contribution < -0.4 is 0 Å². The number of fused-ring (bicyclic) bond motifs is 1. The summed E-state index contributed by atoms with van der Waals surface area (Å²) in [6.07, 6.45) is -0.861. The summed E-state index contributed by atoms with van der Waals surface area (Å²) in [7, 11) is 0. The molecule has 1 aromatic heterocycles. The third kappa shape index (κ3) is 2.92. The third-order valence-electron chi connectivity index (χ3n) is 3.12. The molecule has 0 atom stereocenters. The van der Waals surface area contributed by atoms with Crippen LogP contribution in [0.25, 0.3) is 10.9 Å². The minimum atomic E-state index is -2.31. The molecule has 0 fully saturated rings. The molecule has 0 amide bonds. The molecule has 0 aliphatic carbocycles. The molecule has 0 bridgehead atoms. The van der Waals surface area contributed by atoms with Gasteiger partial charge in [0.1, 0.15) is 5.75 Å². The van der Waals surface area contributed by atoms with Gasteiger partial charge in [0.15, 0.2) is 0 Å². The van der Waals surface area contributed by atoms with Crippen molar-refractivity contribution in [1.29, 1.82) is 0 Å². The Morgan fingerprint density at radius 3 is 2.58 bits per heavy atom. The number of aromatic amines is 1. The van der Waals surface area contributed by atoms with Crippen molar-refractivity contribution in [3.05, 3.63) is 30.0 Å². The third-order valence-corrected chi connectivity index (χ3v) is 3.12. The molecule has 2 rings (SSSR count). The zero-order valence-electron chi connectivity index (χ0n) is 15.9. The van der Waals surface area contributed by atoms with Crippen molar-refractivity contribution in [2.24, 2.45) is 0 Å². The van der Waals surface area contributed by atoms with Gasteiger partial charge in [0.2, 0.25) is 0 Å². The molecule has 1 aromatic carbocycles. The van der Waals surface area contributed by atoms with E-state index in [1.807, 2.05) is 27.7 Å². The maximum absolute atomic E-state index is 10.1. The number of H-pyrrole nitrogens is 1. The Labute approximate surface area is 120 Å². The summed E-state index contributed by atoms with van der Waals surface area (Å²) >= 11 is 0. The molecule has 1 heterocycles. The molecule has 2 N–H and O–H groups in total. The Kier molecular flexibility index (Phi) is 2.81. The molecule has 0 saturated carbocycles. The maximum Gasteiger partial charge on any atom is 0.125 e. The molecule has 2 aromatic rings. The Hall–Kier alpha value is -1.48. The molecule has 19 heavy (non-hydrogen) atoms. The monoisotopic (exact) mass is 264 g/mol. The summed E-state index contributed by atoms with van der Waals surface area (Å²) < 4.78 is 34.0. The van der Waals surface area contributed by atoms with Crippen molar-refractivity contribution in [3.8, 4) is 5.75 Å². The molecular formula is C16H24N2O. The molecule has 104 valence electrons. The predicted molar refractivity (Wildman–Crippen MR) is 80.6 cm³/mol. The smallest absolute Gasteiger partial charge is 0.125 e. The van der Waals surface area contributed by atoms with Crippen LogP contribution in [0.1, 0.15) is 38.7 Å². The average Bonchev–Trinajstić information content (AvgIpc) is 2.82. The number of rotatable bonds is 5. The highest BCUT2D eigenvalue weighted by atomic mass is 16.3. The number of aromatic nitrogens is 1. The van der Waals surface area contributed by atoms with E-state index in [1.54, 1.807) is 12.1 Å². The second kappa shape index (κ2) is 5.66. The van der Waals surface area contributed by atoms with Gasteiger partial charge in [-0.05, 0) is 51.8 Å². The SMILES string of the molecule is [2H]C([2H])(c1c[nH]c2cccc(O)c12)C([2H])([2H])N(C(C)C)C(C)C. The maximum atomic E-state index is 10.1. The first-order chi connectivity index (χ1) is 10.5. The highest BCUT2D eigenvalue weighted by Gasteiger charge is 2.15. The number of aryl methyl sites for hydroxylation is 1. The molecule has 0 saturated heterocycles. The van der Waals surface area contributed by atoms with Crippen LogP contribution in [0.2, 0.25) is 0 Å². The normalized spacial score (nSPS) is 16.8. The Balaban J connectivity index is 2.63. The topological polar surface area (TPSA) is 39.3 Å². The Bertz CT molecular complexity index is 686. The van der Waals surface area contributed by atoms with E-state index in [0.717, 1.165) is 0 Å². The van der Waals surface area contributed by atoms with Crippen LogP contribution in [-0.2, 0) is 6.37 Å². The number of benzene rings is 1. The number of hydrogen-bond acceptors (Lipinski definition) is 2. The van der Waals surface area contributed by atoms with Crippen molar-refractivity contribution in [3.63, 3.8) is 0 Å². The van der Waals surface area contributed by atoms with Crippen LogP contribution in [0, 0.1) is 0 Å². The summed E-state index contributed by atoms with van der Waals surface area (Å²) in [6.45, 7) is 5.15. The summed E-state index contributed by atoms with van der Waals surface area (Å²) in [5.41, 5.74) is 0.710. The van der Waals surface area contributed by atoms with E-state index in [2.05, 4.69) is 4.98 Å². The first-order valence-electron chi connectivity index (χ1n) is 8.59. The van der Waals surface area contributed by atoms with E-state index in [4.69, 9.17) is 5.48 Å². The van der Waals surface area contributed by atoms with Gasteiger partial charge in [-0.2, -0.15) is 0 Å². The van der Waals surface area contributed by atoms with Gasteiger partial charge < -0.3 is 10.1 Å². The van der Waals surface area contributed by atoms with Crippen molar-refractivity contribution >= 4 is 10.9 Å². The van der Waals surface area contributed by atoms with Gasteiger partial charge in [-0.3, -0.25) is 4.90 Å². The number of nitrogens with one attached hydrogen (secondary N) is 1. The first kappa shape index (κ1) is 9.43. The fourth-order valence-electron chi connectivity index (χ4n) is 2.24. The zero-order valence-corrected chi connectivity index (χ0v) is 11.9. The van der Waals surface area contributed by atoms with Crippen molar-refractivity contribution < 1.29 is 10.6 Å². The lowest BCUT2D eigenvalue weighted by atomic mass is 10.1. The molecular weight excluding hydrogens is 236 g/mol. The Morgan fingerprint density at radius 1 is 1.26 bits per heavy atom. The van der Waals surface area contributed by atoms with Gasteiger partial charge in [0, 0.05) is 41.2 Å². The fraction of sp³-hybridized carbons (Fsp3) is 0.500. The predicted octanol–water partition coefficient (Wildman–Crippen LogP) is 3.53. The number of aromatic hydroxyl groups is 1. The van der Waals surface area contributed by atoms with E-state index < -0.39 is 12.9 Å². The summed E-state index contributed by atoms with van der Waals surface area (Å²) in [5.74, 6) is -0.0564. The summed E-state index contributed by atoms with van der Waals surface area (Å²) in [4.78, 5) is 4.44. The molecule has 0 unspecified atom stereocenters. The largest absolute Gasteiger partial charge is 0.507 e. The summed E-state index contributed by atoms with van der Waals surface area (Å²) in [6, 6.07) is 4.54. The molecule has 0 spiro atoms. The van der Waals surface area contributed by atoms with Crippen LogP contribution in [0.15, 0.2) is 24.4 Å². The van der Waals surface area contributed by atoms with Gasteiger partial charge in [0.05, 0.1) is 0 Å². The second-order valence-electron chi connectivity index (χ2n) is 5.23. The number of hydrogen-bond donors (Lipinski definition) is 2. The fourth-order valence-corrected chi connectivity index (χ4v) is 2.24. The molecule has 3 nitrogen and oxygen atoms in total. The van der Waals surface area contributed by atoms with Crippen molar-refractivity contribution in [2.45, 2.75) is 46.2 Å². The van der Waals surface area contributed by atoms with Gasteiger partial charge in [-0.15, -0.1) is 0 Å². The summed E-state index contributed by atoms with van der Waals surface area (Å²) in [5, 5.41) is 10.4. The van der Waals surface area contributed by atoms with Crippen LogP contribution in [0.5, 0.6) is 5.75 Å². The molecule has 3 heteroatoms. The van der Waals surface area contributed by atoms with Crippen LogP contribution in [-0.4, -0.2) is 33.6 Å². The lowest BCUT2D eigenvalue weighted by Gasteiger charge is -2.30. The first-order valence-corrected chi connectivity index (χ1v) is 6.59. The van der Waals surface area contributed by atoms with E-state index in [9.17, 15) is 5.11 Å². The number of nitrogens with zero attached hydrogens (tertiary/aromatic N) is 1. The minimum Gasteiger partial charge on any atom is -0.507 e. The number of phenolic OH excluding ortho intramolecular Hbond substituents is 1. The highest BCUT2D eigenvalue weighted by Crippen LogP contribution is 2.28. The highest BCUT2D eigenvalue weighted by molar-refractivity contribution is 5.88. The average molecular weight is 264 g/mol. The quantitative estimate of drug-likeness (QED) is 0.867. The minimum absolute atomic E-state index is 0.0564. The van der Waals surface area contributed by atoms with E-state index in [0.29, 0.717) is 10.9 Å². The van der Waals surface area contributed by atoms with Crippen LogP contribution in [0.4, 0.5) is 0 Å². The van der Waals surface area contributed by atoms with Gasteiger partial charge in [0.25, 0.3) is 0 Å². The van der Waals surface area contributed by atoms with Gasteiger partial charge in [-0.1, -0.05) is 6.07 Å². The van der Waals surface area contributed by atoms with Crippen LogP contribution >= 0.6 is 0 Å². The van der Waals surface area contributed by atoms with Crippen molar-refractivity contribution in [2.75, 3.05) is 6.50 Å². The van der Waals surface area contributed by atoms with Crippen LogP contribution in [0.3, 0.4) is 0 Å². The second-order valence-corrected chi connectivity index (χ2v) is 5.23. The van der Waals surface area contributed by atoms with Gasteiger partial charge >= 0.3 is 0 Å². The van der Waals surface area contributed by atoms with Crippen molar-refractivity contribution in [1.82, 2.24) is 9.88 Å². The van der Waals surface area contributed by atoms with E-state index in [1.165, 1.54) is 17.2 Å². The Morgan fingerprint density at radius 2 is 1.95 bits per heavy atom. The number of phenols is 1. The lowest BCUT2D eigenvalue weighted by Crippen LogP contribution is -2.38. The van der Waals surface area contributed by atoms with Gasteiger partial charge in [-0.25, -0.2) is 0 Å². The molecule has 0 aliphatic rings. The zero-order chi connectivity index (χ0) is 17.6. The molecule has 0 aliphatic heterocycles. The van der Waals surface area contributed by atoms with E-state index in [-0.39, 0.29) is 23.4 Å². The van der Waals surface area contributed by atoms with E-state index >= 15 is 0 Å². The lowest BCUT2D eigenvalue weighted by molar-refractivity contribution is 0.177.